The van der Waals surface area contributed by atoms with Crippen LogP contribution in [0.15, 0.2) is 60.7 Å². The van der Waals surface area contributed by atoms with Gasteiger partial charge in [0, 0.05) is 17.7 Å². The maximum absolute atomic E-state index is 13.0. The highest BCUT2D eigenvalue weighted by Crippen LogP contribution is 2.31. The molecule has 172 valence electrons. The number of hydrogen-bond donors (Lipinski definition) is 3. The minimum Gasteiger partial charge on any atom is -0.495 e. The molecule has 12 heteroatoms. The van der Waals surface area contributed by atoms with Crippen molar-refractivity contribution in [2.75, 3.05) is 12.4 Å². The number of fused-ring (bicyclic) bond motifs is 1. The molecule has 0 aliphatic rings. The number of alkyl halides is 3. The largest absolute Gasteiger partial charge is 0.495 e. The van der Waals surface area contributed by atoms with Gasteiger partial charge in [0.1, 0.15) is 11.9 Å². The first-order chi connectivity index (χ1) is 15.6. The normalized spacial score (nSPS) is 12.0. The number of hydrogen-bond acceptors (Lipinski definition) is 5. The van der Waals surface area contributed by atoms with Gasteiger partial charge in [0.15, 0.2) is 5.11 Å². The van der Waals surface area contributed by atoms with Gasteiger partial charge >= 0.3 is 0 Å². The van der Waals surface area contributed by atoms with Gasteiger partial charge < -0.3 is 20.7 Å². The molecule has 1 atom stereocenters. The lowest BCUT2D eigenvalue weighted by Crippen LogP contribution is -2.56. The number of nitrogens with zero attached hydrogens (tertiary/aromatic N) is 1. The topological polar surface area (TPSA) is 106 Å². The molecule has 1 amide bonds. The number of non-ortho nitro benzene ring substituents is 1. The van der Waals surface area contributed by atoms with E-state index in [2.05, 4.69) is 16.0 Å². The van der Waals surface area contributed by atoms with E-state index in [-0.39, 0.29) is 16.5 Å². The predicted octanol–water partition coefficient (Wildman–Crippen LogP) is 5.17. The quantitative estimate of drug-likeness (QED) is 0.133. The number of anilines is 1. The molecule has 0 aliphatic carbocycles. The molecule has 8 nitrogen and oxygen atoms in total. The molecule has 0 radical (unpaired) electrons. The monoisotopic (exact) mass is 526 g/mol. The van der Waals surface area contributed by atoms with Crippen LogP contribution in [0.25, 0.3) is 10.8 Å². The summed E-state index contributed by atoms with van der Waals surface area (Å²) in [5.41, 5.74) is 0.421. The molecule has 3 rings (SSSR count). The molecule has 0 fully saturated rings. The van der Waals surface area contributed by atoms with Crippen molar-refractivity contribution in [2.45, 2.75) is 9.96 Å². The Bertz CT molecular complexity index is 1210. The van der Waals surface area contributed by atoms with Crippen LogP contribution in [0.3, 0.4) is 0 Å². The smallest absolute Gasteiger partial charge is 0.271 e. The molecule has 3 N–H and O–H groups in total. The number of nitro benzene ring substituents is 1. The van der Waals surface area contributed by atoms with Crippen molar-refractivity contribution < 1.29 is 14.5 Å². The van der Waals surface area contributed by atoms with Crippen LogP contribution in [0.4, 0.5) is 11.4 Å². The van der Waals surface area contributed by atoms with Gasteiger partial charge in [-0.3, -0.25) is 14.9 Å². The summed E-state index contributed by atoms with van der Waals surface area (Å²) in [6.07, 6.45) is -1.24. The number of methoxy groups -OCH3 is 1. The molecule has 0 saturated carbocycles. The lowest BCUT2D eigenvalue weighted by molar-refractivity contribution is -0.384. The van der Waals surface area contributed by atoms with Crippen molar-refractivity contribution in [3.05, 3.63) is 76.3 Å². The third-order valence-electron chi connectivity index (χ3n) is 4.55. The summed E-state index contributed by atoms with van der Waals surface area (Å²) < 4.78 is 3.21. The Kier molecular flexibility index (Phi) is 7.80. The fourth-order valence-corrected chi connectivity index (χ4v) is 3.58. The van der Waals surface area contributed by atoms with E-state index in [9.17, 15) is 14.9 Å². The predicted molar refractivity (Wildman–Crippen MR) is 134 cm³/mol. The van der Waals surface area contributed by atoms with Gasteiger partial charge in [0.05, 0.1) is 17.7 Å². The van der Waals surface area contributed by atoms with Gasteiger partial charge in [-0.15, -0.1) is 0 Å². The molecule has 0 unspecified atom stereocenters. The summed E-state index contributed by atoms with van der Waals surface area (Å²) in [5, 5.41) is 20.7. The second kappa shape index (κ2) is 10.4. The van der Waals surface area contributed by atoms with E-state index in [0.29, 0.717) is 11.3 Å². The fourth-order valence-electron chi connectivity index (χ4n) is 3.03. The number of ether oxygens (including phenoxy) is 1. The van der Waals surface area contributed by atoms with E-state index in [4.69, 9.17) is 51.8 Å². The van der Waals surface area contributed by atoms with Gasteiger partial charge in [-0.2, -0.15) is 0 Å². The Labute approximate surface area is 209 Å². The number of thiocarbonyl (C=S) groups is 1. The van der Waals surface area contributed by atoms with E-state index in [0.717, 1.165) is 10.8 Å². The molecule has 3 aromatic carbocycles. The Balaban J connectivity index is 1.80. The number of amides is 1. The number of nitro groups is 1. The van der Waals surface area contributed by atoms with Gasteiger partial charge in [-0.1, -0.05) is 71.2 Å². The summed E-state index contributed by atoms with van der Waals surface area (Å²) in [6, 6.07) is 16.6. The average Bonchev–Trinajstić information content (AvgIpc) is 2.77. The van der Waals surface area contributed by atoms with Crippen LogP contribution in [-0.2, 0) is 0 Å². The number of halogens is 3. The summed E-state index contributed by atoms with van der Waals surface area (Å²) >= 11 is 23.5. The third kappa shape index (κ3) is 6.14. The third-order valence-corrected chi connectivity index (χ3v) is 5.43. The van der Waals surface area contributed by atoms with Crippen LogP contribution in [-0.4, -0.2) is 33.0 Å². The first kappa shape index (κ1) is 24.8. The lowest BCUT2D eigenvalue weighted by atomic mass is 10.0. The van der Waals surface area contributed by atoms with Crippen molar-refractivity contribution in [1.29, 1.82) is 0 Å². The second-order valence-corrected chi connectivity index (χ2v) is 9.49. The van der Waals surface area contributed by atoms with Gasteiger partial charge in [0.2, 0.25) is 3.79 Å². The number of benzene rings is 3. The molecular formula is C21H17Cl3N4O4S. The molecule has 0 heterocycles. The van der Waals surface area contributed by atoms with E-state index in [1.165, 1.54) is 25.3 Å². The molecule has 0 bridgehead atoms. The number of carbonyl (C=O) groups is 1. The minimum absolute atomic E-state index is 0.0663. The van der Waals surface area contributed by atoms with Gasteiger partial charge in [-0.05, 0) is 35.1 Å². The highest BCUT2D eigenvalue weighted by atomic mass is 35.6. The van der Waals surface area contributed by atoms with E-state index in [1.807, 2.05) is 30.3 Å². The first-order valence-electron chi connectivity index (χ1n) is 9.35. The zero-order valence-corrected chi connectivity index (χ0v) is 20.1. The maximum Gasteiger partial charge on any atom is 0.271 e. The molecule has 33 heavy (non-hydrogen) atoms. The summed E-state index contributed by atoms with van der Waals surface area (Å²) in [7, 11) is 1.40. The molecule has 3 aromatic rings. The SMILES string of the molecule is COc1ccc([N+](=O)[O-])cc1NC(=S)N[C@H](NC(=O)c1cccc2ccccc12)C(Cl)(Cl)Cl. The second-order valence-electron chi connectivity index (χ2n) is 6.71. The highest BCUT2D eigenvalue weighted by molar-refractivity contribution is 7.80. The molecule has 0 saturated heterocycles. The zero-order chi connectivity index (χ0) is 24.2. The molecular weight excluding hydrogens is 511 g/mol. The Morgan fingerprint density at radius 2 is 1.79 bits per heavy atom. The maximum atomic E-state index is 13.0. The van der Waals surface area contributed by atoms with Gasteiger partial charge in [0.25, 0.3) is 11.6 Å². The Hall–Kier alpha value is -2.85. The molecule has 0 spiro atoms. The standard InChI is InChI=1S/C21H17Cl3N4O4S/c1-32-17-10-9-13(28(30)31)11-16(17)25-20(33)27-19(21(22,23)24)26-18(29)15-8-4-6-12-5-2-3-7-14(12)15/h2-11,19H,1H3,(H,26,29)(H2,25,27,33)/t19-/m0/s1. The van der Waals surface area contributed by atoms with Crippen molar-refractivity contribution in [3.8, 4) is 5.75 Å². The average molecular weight is 528 g/mol. The molecule has 0 aliphatic heterocycles. The van der Waals surface area contributed by atoms with Crippen molar-refractivity contribution in [1.82, 2.24) is 10.6 Å². The summed E-state index contributed by atoms with van der Waals surface area (Å²) in [5.74, 6) is -0.193. The number of rotatable bonds is 6. The van der Waals surface area contributed by atoms with Crippen LogP contribution >= 0.6 is 47.0 Å². The molecule has 0 aromatic heterocycles. The van der Waals surface area contributed by atoms with Crippen molar-refractivity contribution in [3.63, 3.8) is 0 Å². The zero-order valence-electron chi connectivity index (χ0n) is 17.0. The van der Waals surface area contributed by atoms with E-state index >= 15 is 0 Å². The minimum atomic E-state index is -1.99. The van der Waals surface area contributed by atoms with Crippen LogP contribution < -0.4 is 20.7 Å². The lowest BCUT2D eigenvalue weighted by Gasteiger charge is -2.28. The summed E-state index contributed by atoms with van der Waals surface area (Å²) in [4.78, 5) is 23.5. The highest BCUT2D eigenvalue weighted by Gasteiger charge is 2.35. The van der Waals surface area contributed by atoms with Crippen molar-refractivity contribution in [2.24, 2.45) is 0 Å². The van der Waals surface area contributed by atoms with Crippen LogP contribution in [0, 0.1) is 10.1 Å². The number of carbonyl (C=O) groups excluding carboxylic acids is 1. The van der Waals surface area contributed by atoms with Gasteiger partial charge in [-0.25, -0.2) is 0 Å². The van der Waals surface area contributed by atoms with Crippen LogP contribution in [0.5, 0.6) is 5.75 Å². The van der Waals surface area contributed by atoms with Crippen LogP contribution in [0.1, 0.15) is 10.4 Å². The van der Waals surface area contributed by atoms with Crippen molar-refractivity contribution >= 4 is 80.2 Å². The first-order valence-corrected chi connectivity index (χ1v) is 10.9. The van der Waals surface area contributed by atoms with E-state index in [1.54, 1.807) is 12.1 Å². The summed E-state index contributed by atoms with van der Waals surface area (Å²) in [6.45, 7) is 0. The van der Waals surface area contributed by atoms with Crippen LogP contribution in [0.2, 0.25) is 0 Å². The Morgan fingerprint density at radius 3 is 2.45 bits per heavy atom. The Morgan fingerprint density at radius 1 is 1.09 bits per heavy atom. The van der Waals surface area contributed by atoms with E-state index < -0.39 is 20.8 Å². The fraction of sp³-hybridized carbons (Fsp3) is 0.143. The number of nitrogens with one attached hydrogen (secondary N) is 3.